The molecule has 1 atom stereocenters. The minimum Gasteiger partial charge on any atom is -0.242 e. The molecule has 1 unspecified atom stereocenters. The molecule has 0 fully saturated rings. The van der Waals surface area contributed by atoms with Crippen LogP contribution in [0.2, 0.25) is 0 Å². The summed E-state index contributed by atoms with van der Waals surface area (Å²) in [6, 6.07) is 0.424. The molecule has 0 bridgehead atoms. The zero-order valence-corrected chi connectivity index (χ0v) is 14.7. The summed E-state index contributed by atoms with van der Waals surface area (Å²) in [5.74, 6) is 0. The first-order chi connectivity index (χ1) is 11.4. The highest BCUT2D eigenvalue weighted by atomic mass is 15.5. The van der Waals surface area contributed by atoms with Gasteiger partial charge >= 0.3 is 0 Å². The fourth-order valence-electron chi connectivity index (χ4n) is 3.13. The SMILES string of the molecule is CCCCCCCC(CCCCCC)n1nnc2cncnc21. The molecule has 5 nitrogen and oxygen atoms in total. The molecule has 0 aliphatic rings. The fourth-order valence-corrected chi connectivity index (χ4v) is 3.13. The third-order valence-electron chi connectivity index (χ3n) is 4.52. The minimum atomic E-state index is 0.424. The molecule has 2 aromatic rings. The van der Waals surface area contributed by atoms with E-state index in [1.54, 1.807) is 12.5 Å². The molecule has 0 radical (unpaired) electrons. The smallest absolute Gasteiger partial charge is 0.181 e. The highest BCUT2D eigenvalue weighted by Crippen LogP contribution is 2.25. The van der Waals surface area contributed by atoms with Crippen molar-refractivity contribution in [3.05, 3.63) is 12.5 Å². The normalized spacial score (nSPS) is 12.8. The van der Waals surface area contributed by atoms with E-state index >= 15 is 0 Å². The molecule has 0 amide bonds. The summed E-state index contributed by atoms with van der Waals surface area (Å²) >= 11 is 0. The van der Waals surface area contributed by atoms with Crippen LogP contribution in [0.4, 0.5) is 0 Å². The molecule has 5 heteroatoms. The maximum Gasteiger partial charge on any atom is 0.181 e. The highest BCUT2D eigenvalue weighted by Gasteiger charge is 2.16. The average Bonchev–Trinajstić information content (AvgIpc) is 3.00. The lowest BCUT2D eigenvalue weighted by Crippen LogP contribution is -2.12. The second kappa shape index (κ2) is 10.3. The lowest BCUT2D eigenvalue weighted by atomic mass is 10.0. The van der Waals surface area contributed by atoms with E-state index in [-0.39, 0.29) is 0 Å². The summed E-state index contributed by atoms with van der Waals surface area (Å²) in [6.07, 6.45) is 17.5. The molecule has 0 aromatic carbocycles. The van der Waals surface area contributed by atoms with Gasteiger partial charge in [-0.15, -0.1) is 5.10 Å². The van der Waals surface area contributed by atoms with Gasteiger partial charge in [-0.2, -0.15) is 0 Å². The van der Waals surface area contributed by atoms with E-state index in [0.717, 1.165) is 11.2 Å². The van der Waals surface area contributed by atoms with E-state index in [1.165, 1.54) is 70.6 Å². The zero-order chi connectivity index (χ0) is 16.3. The van der Waals surface area contributed by atoms with E-state index in [4.69, 9.17) is 0 Å². The number of nitrogens with zero attached hydrogens (tertiary/aromatic N) is 5. The molecule has 23 heavy (non-hydrogen) atoms. The molecular weight excluding hydrogens is 286 g/mol. The molecule has 128 valence electrons. The van der Waals surface area contributed by atoms with Crippen molar-refractivity contribution in [2.45, 2.75) is 90.5 Å². The molecule has 0 aliphatic heterocycles. The topological polar surface area (TPSA) is 56.5 Å². The van der Waals surface area contributed by atoms with E-state index in [2.05, 4.69) is 34.1 Å². The van der Waals surface area contributed by atoms with Crippen LogP contribution in [-0.4, -0.2) is 25.0 Å². The van der Waals surface area contributed by atoms with Crippen molar-refractivity contribution in [1.29, 1.82) is 0 Å². The molecule has 2 aromatic heterocycles. The summed E-state index contributed by atoms with van der Waals surface area (Å²) in [6.45, 7) is 4.52. The van der Waals surface area contributed by atoms with Gasteiger partial charge in [-0.25, -0.2) is 14.6 Å². The molecule has 0 aliphatic carbocycles. The lowest BCUT2D eigenvalue weighted by molar-refractivity contribution is 0.368. The zero-order valence-electron chi connectivity index (χ0n) is 14.7. The van der Waals surface area contributed by atoms with Crippen LogP contribution in [0.5, 0.6) is 0 Å². The van der Waals surface area contributed by atoms with Crippen LogP contribution in [0.1, 0.15) is 90.5 Å². The van der Waals surface area contributed by atoms with Crippen molar-refractivity contribution < 1.29 is 0 Å². The number of hydrogen-bond donors (Lipinski definition) is 0. The van der Waals surface area contributed by atoms with E-state index < -0.39 is 0 Å². The van der Waals surface area contributed by atoms with Crippen LogP contribution >= 0.6 is 0 Å². The van der Waals surface area contributed by atoms with Gasteiger partial charge in [-0.3, -0.25) is 0 Å². The van der Waals surface area contributed by atoms with E-state index in [9.17, 15) is 0 Å². The van der Waals surface area contributed by atoms with Crippen molar-refractivity contribution in [2.24, 2.45) is 0 Å². The largest absolute Gasteiger partial charge is 0.242 e. The van der Waals surface area contributed by atoms with Gasteiger partial charge in [0.1, 0.15) is 6.33 Å². The quantitative estimate of drug-likeness (QED) is 0.511. The number of fused-ring (bicyclic) bond motifs is 1. The predicted octanol–water partition coefficient (Wildman–Crippen LogP) is 5.09. The summed E-state index contributed by atoms with van der Waals surface area (Å²) in [7, 11) is 0. The van der Waals surface area contributed by atoms with Crippen molar-refractivity contribution in [3.63, 3.8) is 0 Å². The Morgan fingerprint density at radius 2 is 1.57 bits per heavy atom. The van der Waals surface area contributed by atoms with Gasteiger partial charge in [0, 0.05) is 0 Å². The van der Waals surface area contributed by atoms with E-state index in [0.29, 0.717) is 6.04 Å². The van der Waals surface area contributed by atoms with Crippen LogP contribution in [0, 0.1) is 0 Å². The number of unbranched alkanes of at least 4 members (excludes halogenated alkanes) is 7. The first-order valence-electron chi connectivity index (χ1n) is 9.37. The molecule has 0 spiro atoms. The first-order valence-corrected chi connectivity index (χ1v) is 9.37. The van der Waals surface area contributed by atoms with Gasteiger partial charge in [0.2, 0.25) is 0 Å². The van der Waals surface area contributed by atoms with Crippen molar-refractivity contribution in [2.75, 3.05) is 0 Å². The van der Waals surface area contributed by atoms with Crippen LogP contribution in [0.15, 0.2) is 12.5 Å². The van der Waals surface area contributed by atoms with Gasteiger partial charge in [0.05, 0.1) is 12.2 Å². The fraction of sp³-hybridized carbons (Fsp3) is 0.778. The Kier molecular flexibility index (Phi) is 7.98. The summed E-state index contributed by atoms with van der Waals surface area (Å²) in [5.41, 5.74) is 1.69. The summed E-state index contributed by atoms with van der Waals surface area (Å²) in [5, 5.41) is 8.60. The minimum absolute atomic E-state index is 0.424. The summed E-state index contributed by atoms with van der Waals surface area (Å²) in [4.78, 5) is 8.43. The third-order valence-corrected chi connectivity index (χ3v) is 4.52. The van der Waals surface area contributed by atoms with Gasteiger partial charge in [0.15, 0.2) is 11.2 Å². The Morgan fingerprint density at radius 3 is 2.26 bits per heavy atom. The second-order valence-electron chi connectivity index (χ2n) is 6.47. The van der Waals surface area contributed by atoms with Gasteiger partial charge < -0.3 is 0 Å². The maximum absolute atomic E-state index is 4.39. The Bertz CT molecular complexity index is 551. The molecule has 2 rings (SSSR count). The van der Waals surface area contributed by atoms with Crippen LogP contribution < -0.4 is 0 Å². The van der Waals surface area contributed by atoms with Crippen LogP contribution in [0.3, 0.4) is 0 Å². The highest BCUT2D eigenvalue weighted by molar-refractivity contribution is 5.67. The molecular formula is C18H31N5. The van der Waals surface area contributed by atoms with Gasteiger partial charge in [0.25, 0.3) is 0 Å². The number of hydrogen-bond acceptors (Lipinski definition) is 4. The Hall–Kier alpha value is -1.52. The Morgan fingerprint density at radius 1 is 0.913 bits per heavy atom. The predicted molar refractivity (Wildman–Crippen MR) is 94.3 cm³/mol. The van der Waals surface area contributed by atoms with Crippen LogP contribution in [0.25, 0.3) is 11.2 Å². The van der Waals surface area contributed by atoms with Crippen LogP contribution in [-0.2, 0) is 0 Å². The summed E-state index contributed by atoms with van der Waals surface area (Å²) < 4.78 is 2.04. The van der Waals surface area contributed by atoms with Crippen molar-refractivity contribution in [1.82, 2.24) is 25.0 Å². The van der Waals surface area contributed by atoms with Crippen molar-refractivity contribution in [3.8, 4) is 0 Å². The second-order valence-corrected chi connectivity index (χ2v) is 6.47. The van der Waals surface area contributed by atoms with Gasteiger partial charge in [-0.05, 0) is 12.8 Å². The molecule has 0 saturated carbocycles. The van der Waals surface area contributed by atoms with Gasteiger partial charge in [-0.1, -0.05) is 76.8 Å². The molecule has 2 heterocycles. The molecule has 0 saturated heterocycles. The lowest BCUT2D eigenvalue weighted by Gasteiger charge is -2.17. The standard InChI is InChI=1S/C18H31N5/c1-3-5-7-9-11-13-16(12-10-8-6-4-2)23-18-17(21-22-23)14-19-15-20-18/h14-16H,3-13H2,1-2H3. The Balaban J connectivity index is 1.97. The monoisotopic (exact) mass is 317 g/mol. The first kappa shape index (κ1) is 17.8. The van der Waals surface area contributed by atoms with Crippen molar-refractivity contribution >= 4 is 11.2 Å². The van der Waals surface area contributed by atoms with E-state index in [1.807, 2.05) is 4.68 Å². The third kappa shape index (κ3) is 5.56. The number of aromatic nitrogens is 5. The average molecular weight is 317 g/mol. The number of rotatable bonds is 12. The Labute approximate surface area is 139 Å². The molecule has 0 N–H and O–H groups in total. The maximum atomic E-state index is 4.39.